The van der Waals surface area contributed by atoms with E-state index in [1.165, 1.54) is 5.56 Å². The predicted octanol–water partition coefficient (Wildman–Crippen LogP) is 4.02. The number of nitrogens with zero attached hydrogens (tertiary/aromatic N) is 3. The van der Waals surface area contributed by atoms with Gasteiger partial charge in [-0.25, -0.2) is 0 Å². The molecule has 1 aromatic heterocycles. The zero-order chi connectivity index (χ0) is 15.3. The molecule has 0 fully saturated rings. The molecule has 0 spiro atoms. The minimum atomic E-state index is -1.09. The molecule has 2 rings (SSSR count). The molecule has 2 aromatic rings. The van der Waals surface area contributed by atoms with Gasteiger partial charge in [0.05, 0.1) is 8.07 Å². The summed E-state index contributed by atoms with van der Waals surface area (Å²) < 4.78 is 2.19. The van der Waals surface area contributed by atoms with Crippen molar-refractivity contribution in [3.8, 4) is 0 Å². The first-order chi connectivity index (χ1) is 9.99. The van der Waals surface area contributed by atoms with Gasteiger partial charge in [0, 0.05) is 13.0 Å². The number of aromatic nitrogens is 3. The van der Waals surface area contributed by atoms with Gasteiger partial charge >= 0.3 is 0 Å². The third kappa shape index (κ3) is 4.86. The van der Waals surface area contributed by atoms with Crippen molar-refractivity contribution >= 4 is 19.8 Å². The van der Waals surface area contributed by atoms with Crippen molar-refractivity contribution in [3.05, 3.63) is 54.4 Å². The molecule has 1 heterocycles. The third-order valence-corrected chi connectivity index (χ3v) is 7.55. The lowest BCUT2D eigenvalue weighted by Crippen LogP contribution is -2.24. The summed E-state index contributed by atoms with van der Waals surface area (Å²) in [6, 6.07) is 10.4. The summed E-state index contributed by atoms with van der Waals surface area (Å²) in [4.78, 5) is 0. The van der Waals surface area contributed by atoms with Crippen LogP contribution in [0.1, 0.15) is 11.4 Å². The van der Waals surface area contributed by atoms with Gasteiger partial charge in [-0.2, -0.15) is 0 Å². The summed E-state index contributed by atoms with van der Waals surface area (Å²) in [5, 5.41) is 11.0. The fraction of sp³-hybridized carbons (Fsp3) is 0.375. The monoisotopic (exact) mass is 317 g/mol. The highest BCUT2D eigenvalue weighted by Gasteiger charge is 2.17. The van der Waals surface area contributed by atoms with Crippen LogP contribution in [0.3, 0.4) is 0 Å². The Morgan fingerprint density at radius 1 is 1.19 bits per heavy atom. The molecule has 0 bridgehead atoms. The zero-order valence-electron chi connectivity index (χ0n) is 13.0. The first-order valence-corrected chi connectivity index (χ1v) is 11.9. The molecule has 112 valence electrons. The van der Waals surface area contributed by atoms with Gasteiger partial charge in [0.25, 0.3) is 0 Å². The van der Waals surface area contributed by atoms with Crippen molar-refractivity contribution < 1.29 is 0 Å². The summed E-state index contributed by atoms with van der Waals surface area (Å²) in [6.07, 6.45) is 2.73. The van der Waals surface area contributed by atoms with Gasteiger partial charge in [0.2, 0.25) is 0 Å². The Kier molecular flexibility index (Phi) is 5.42. The van der Waals surface area contributed by atoms with Crippen LogP contribution >= 0.6 is 11.8 Å². The Bertz CT molecular complexity index is 587. The lowest BCUT2D eigenvalue weighted by Gasteiger charge is -2.15. The number of allylic oxidation sites excluding steroid dienone is 1. The first-order valence-electron chi connectivity index (χ1n) is 7.19. The Hall–Kier alpha value is -1.33. The molecule has 0 unspecified atom stereocenters. The first kappa shape index (κ1) is 16.0. The fourth-order valence-electron chi connectivity index (χ4n) is 1.93. The molecule has 0 saturated carbocycles. The molecule has 0 N–H and O–H groups in total. The van der Waals surface area contributed by atoms with Gasteiger partial charge in [-0.1, -0.05) is 67.8 Å². The minimum absolute atomic E-state index is 0.767. The Labute approximate surface area is 132 Å². The van der Waals surface area contributed by atoms with Gasteiger partial charge in [-0.3, -0.25) is 0 Å². The summed E-state index contributed by atoms with van der Waals surface area (Å²) in [5.74, 6) is 1.01. The van der Waals surface area contributed by atoms with E-state index in [0.717, 1.165) is 29.3 Å². The molecule has 0 amide bonds. The fourth-order valence-corrected chi connectivity index (χ4v) is 4.61. The van der Waals surface area contributed by atoms with E-state index in [-0.39, 0.29) is 0 Å². The molecule has 0 aliphatic heterocycles. The van der Waals surface area contributed by atoms with E-state index in [2.05, 4.69) is 65.2 Å². The van der Waals surface area contributed by atoms with E-state index in [9.17, 15) is 0 Å². The van der Waals surface area contributed by atoms with E-state index in [0.29, 0.717) is 0 Å². The number of hydrogen-bond acceptors (Lipinski definition) is 3. The van der Waals surface area contributed by atoms with Gasteiger partial charge < -0.3 is 4.57 Å². The quantitative estimate of drug-likeness (QED) is 0.439. The van der Waals surface area contributed by atoms with Crippen LogP contribution in [0.2, 0.25) is 19.6 Å². The van der Waals surface area contributed by atoms with Gasteiger partial charge in [-0.05, 0) is 10.9 Å². The number of thioether (sulfide) groups is 1. The topological polar surface area (TPSA) is 30.7 Å². The lowest BCUT2D eigenvalue weighted by molar-refractivity contribution is 0.691. The summed E-state index contributed by atoms with van der Waals surface area (Å²) >= 11 is 1.83. The van der Waals surface area contributed by atoms with Crippen LogP contribution in [0.5, 0.6) is 0 Å². The van der Waals surface area contributed by atoms with E-state index < -0.39 is 8.07 Å². The van der Waals surface area contributed by atoms with Crippen LogP contribution in [0.15, 0.2) is 48.1 Å². The molecule has 3 nitrogen and oxygen atoms in total. The van der Waals surface area contributed by atoms with Crippen LogP contribution in [0.25, 0.3) is 0 Å². The SMILES string of the molecule is C=CCn1c(Cc2ccccc2)nnc1SC[Si](C)(C)C. The minimum Gasteiger partial charge on any atom is -0.302 e. The highest BCUT2D eigenvalue weighted by molar-refractivity contribution is 8.00. The molecule has 21 heavy (non-hydrogen) atoms. The van der Waals surface area contributed by atoms with Crippen LogP contribution in [-0.2, 0) is 13.0 Å². The molecular weight excluding hydrogens is 294 g/mol. The molecule has 0 aliphatic carbocycles. The molecular formula is C16H23N3SSi. The normalized spacial score (nSPS) is 11.6. The second-order valence-electron chi connectivity index (χ2n) is 6.31. The van der Waals surface area contributed by atoms with Crippen LogP contribution in [0.4, 0.5) is 0 Å². The average Bonchev–Trinajstić information content (AvgIpc) is 2.80. The summed E-state index contributed by atoms with van der Waals surface area (Å²) in [5.41, 5.74) is 1.26. The average molecular weight is 318 g/mol. The predicted molar refractivity (Wildman–Crippen MR) is 93.5 cm³/mol. The number of hydrogen-bond donors (Lipinski definition) is 0. The highest BCUT2D eigenvalue weighted by Crippen LogP contribution is 2.22. The van der Waals surface area contributed by atoms with Crippen molar-refractivity contribution in [1.29, 1.82) is 0 Å². The number of rotatable bonds is 7. The zero-order valence-corrected chi connectivity index (χ0v) is 14.9. The second-order valence-corrected chi connectivity index (χ2v) is 13.2. The molecule has 5 heteroatoms. The Morgan fingerprint density at radius 2 is 1.90 bits per heavy atom. The van der Waals surface area contributed by atoms with Crippen molar-refractivity contribution in [2.75, 3.05) is 5.38 Å². The van der Waals surface area contributed by atoms with E-state index in [4.69, 9.17) is 0 Å². The van der Waals surface area contributed by atoms with Crippen LogP contribution in [-0.4, -0.2) is 28.2 Å². The third-order valence-electron chi connectivity index (χ3n) is 2.94. The van der Waals surface area contributed by atoms with Crippen molar-refractivity contribution in [1.82, 2.24) is 14.8 Å². The van der Waals surface area contributed by atoms with Gasteiger partial charge in [-0.15, -0.1) is 16.8 Å². The van der Waals surface area contributed by atoms with Crippen molar-refractivity contribution in [3.63, 3.8) is 0 Å². The van der Waals surface area contributed by atoms with Gasteiger partial charge in [0.15, 0.2) is 5.16 Å². The smallest absolute Gasteiger partial charge is 0.191 e. The summed E-state index contributed by atoms with van der Waals surface area (Å²) in [6.45, 7) is 11.7. The van der Waals surface area contributed by atoms with Crippen LogP contribution in [0, 0.1) is 0 Å². The summed E-state index contributed by atoms with van der Waals surface area (Å²) in [7, 11) is -1.09. The lowest BCUT2D eigenvalue weighted by atomic mass is 10.1. The largest absolute Gasteiger partial charge is 0.302 e. The second kappa shape index (κ2) is 7.09. The van der Waals surface area contributed by atoms with E-state index in [1.807, 2.05) is 23.9 Å². The van der Waals surface area contributed by atoms with Crippen LogP contribution < -0.4 is 0 Å². The standard InChI is InChI=1S/C16H23N3SSi/c1-5-11-19-15(12-14-9-7-6-8-10-14)17-18-16(19)20-13-21(2,3)4/h5-10H,1,11-13H2,2-4H3. The highest BCUT2D eigenvalue weighted by atomic mass is 32.2. The molecule has 0 saturated heterocycles. The molecule has 0 aliphatic rings. The van der Waals surface area contributed by atoms with Crippen molar-refractivity contribution in [2.45, 2.75) is 37.8 Å². The Morgan fingerprint density at radius 3 is 2.52 bits per heavy atom. The molecule has 0 atom stereocenters. The van der Waals surface area contributed by atoms with Crippen molar-refractivity contribution in [2.24, 2.45) is 0 Å². The maximum Gasteiger partial charge on any atom is 0.191 e. The van der Waals surface area contributed by atoms with E-state index >= 15 is 0 Å². The Balaban J connectivity index is 2.18. The maximum absolute atomic E-state index is 4.39. The van der Waals surface area contributed by atoms with E-state index in [1.54, 1.807) is 0 Å². The maximum atomic E-state index is 4.39. The molecule has 0 radical (unpaired) electrons. The van der Waals surface area contributed by atoms with Gasteiger partial charge in [0.1, 0.15) is 5.82 Å². The number of benzene rings is 1. The molecule has 1 aromatic carbocycles.